The molecule has 8 rings (SSSR count). The molecule has 1 saturated heterocycles. The van der Waals surface area contributed by atoms with Gasteiger partial charge in [0.25, 0.3) is 5.91 Å². The number of hydrogen-bond acceptors (Lipinski definition) is 6. The molecule has 0 radical (unpaired) electrons. The lowest BCUT2D eigenvalue weighted by molar-refractivity contribution is -0.0176. The number of nitrogens with zero attached hydrogens (tertiary/aromatic N) is 5. The first-order chi connectivity index (χ1) is 19.8. The molecule has 4 bridgehead atoms. The number of urea groups is 1. The van der Waals surface area contributed by atoms with Gasteiger partial charge in [0.15, 0.2) is 0 Å². The predicted molar refractivity (Wildman–Crippen MR) is 157 cm³/mol. The second kappa shape index (κ2) is 10.2. The summed E-state index contributed by atoms with van der Waals surface area (Å²) in [5, 5.41) is 10.7. The number of methoxy groups -OCH3 is 1. The zero-order valence-electron chi connectivity index (χ0n) is 24.0. The van der Waals surface area contributed by atoms with E-state index < -0.39 is 0 Å². The maximum absolute atomic E-state index is 13.6. The molecule has 5 aliphatic rings. The van der Waals surface area contributed by atoms with E-state index in [1.54, 1.807) is 18.0 Å². The first kappa shape index (κ1) is 26.5. The van der Waals surface area contributed by atoms with Crippen LogP contribution < -0.4 is 10.1 Å². The summed E-state index contributed by atoms with van der Waals surface area (Å²) < 4.78 is 7.08. The van der Waals surface area contributed by atoms with Gasteiger partial charge in [-0.1, -0.05) is 12.1 Å². The maximum atomic E-state index is 13.6. The number of nitrogens with one attached hydrogen (secondary N) is 1. The molecule has 1 atom stereocenters. The van der Waals surface area contributed by atoms with Crippen LogP contribution in [-0.2, 0) is 0 Å². The molecule has 216 valence electrons. The largest absolute Gasteiger partial charge is 0.497 e. The van der Waals surface area contributed by atoms with Crippen LogP contribution in [-0.4, -0.2) is 74.8 Å². The monoisotopic (exact) mass is 574 g/mol. The van der Waals surface area contributed by atoms with Gasteiger partial charge in [-0.15, -0.1) is 11.3 Å². The van der Waals surface area contributed by atoms with Crippen LogP contribution in [0.25, 0.3) is 16.4 Å². The molecule has 4 aliphatic carbocycles. The van der Waals surface area contributed by atoms with Gasteiger partial charge in [0.2, 0.25) is 5.13 Å². The number of carbonyl (C=O) groups excluding carboxylic acids is 2. The maximum Gasteiger partial charge on any atom is 0.318 e. The Morgan fingerprint density at radius 3 is 2.51 bits per heavy atom. The minimum Gasteiger partial charge on any atom is -0.497 e. The number of aromatic nitrogens is 3. The molecule has 0 spiro atoms. The lowest BCUT2D eigenvalue weighted by Crippen LogP contribution is -2.65. The Balaban J connectivity index is 1.01. The van der Waals surface area contributed by atoms with Crippen molar-refractivity contribution >= 4 is 23.3 Å². The van der Waals surface area contributed by atoms with Gasteiger partial charge in [-0.2, -0.15) is 5.10 Å². The number of rotatable bonds is 5. The summed E-state index contributed by atoms with van der Waals surface area (Å²) >= 11 is 1.48. The standard InChI is InChI=1S/C31H38N6O3S/c1-19-17-35(7-8-36(19)29(39)34-31-13-21-9-22(14-31)11-23(10-21)15-31)28(38)26-16-32-37(20(26)2)30-33-27(18-41-30)24-5-4-6-25(12-24)40-3/h4-6,12,16,18-19,21-23H,7-11,13-15,17H2,1-3H3,(H,34,39). The van der Waals surface area contributed by atoms with Crippen LogP contribution >= 0.6 is 11.3 Å². The second-order valence-electron chi connectivity index (χ2n) is 12.7. The molecule has 1 aromatic carbocycles. The molecule has 1 unspecified atom stereocenters. The molecule has 1 aliphatic heterocycles. The highest BCUT2D eigenvalue weighted by atomic mass is 32.1. The van der Waals surface area contributed by atoms with Gasteiger partial charge in [0, 0.05) is 42.2 Å². The lowest BCUT2D eigenvalue weighted by atomic mass is 9.53. The summed E-state index contributed by atoms with van der Waals surface area (Å²) in [5.74, 6) is 3.09. The minimum absolute atomic E-state index is 0.00747. The van der Waals surface area contributed by atoms with Gasteiger partial charge < -0.3 is 19.9 Å². The molecule has 10 heteroatoms. The zero-order valence-corrected chi connectivity index (χ0v) is 24.8. The average Bonchev–Trinajstić information content (AvgIpc) is 3.58. The summed E-state index contributed by atoms with van der Waals surface area (Å²) in [4.78, 5) is 35.7. The molecule has 5 fully saturated rings. The van der Waals surface area contributed by atoms with E-state index in [2.05, 4.69) is 10.4 Å². The van der Waals surface area contributed by atoms with Crippen LogP contribution in [0, 0.1) is 24.7 Å². The van der Waals surface area contributed by atoms with Gasteiger partial charge in [-0.3, -0.25) is 4.79 Å². The van der Waals surface area contributed by atoms with E-state index in [-0.39, 0.29) is 23.5 Å². The summed E-state index contributed by atoms with van der Waals surface area (Å²) in [5.41, 5.74) is 3.13. The third kappa shape index (κ3) is 4.79. The number of carbonyl (C=O) groups is 2. The Bertz CT molecular complexity index is 1440. The van der Waals surface area contributed by atoms with Crippen LogP contribution in [0.3, 0.4) is 0 Å². The van der Waals surface area contributed by atoms with E-state index in [0.717, 1.165) is 59.7 Å². The van der Waals surface area contributed by atoms with Crippen molar-refractivity contribution in [2.75, 3.05) is 26.7 Å². The average molecular weight is 575 g/mol. The van der Waals surface area contributed by atoms with Gasteiger partial charge >= 0.3 is 6.03 Å². The fourth-order valence-corrected chi connectivity index (χ4v) is 9.11. The molecule has 3 heterocycles. The van der Waals surface area contributed by atoms with E-state index in [1.807, 2.05) is 53.3 Å². The Morgan fingerprint density at radius 1 is 1.10 bits per heavy atom. The fraction of sp³-hybridized carbons (Fsp3) is 0.548. The quantitative estimate of drug-likeness (QED) is 0.456. The van der Waals surface area contributed by atoms with E-state index in [1.165, 1.54) is 30.6 Å². The summed E-state index contributed by atoms with van der Waals surface area (Å²) in [6, 6.07) is 7.79. The SMILES string of the molecule is COc1cccc(-c2csc(-n3ncc(C(=O)N4CCN(C(=O)NC56CC7CC(CC(C7)C5)C6)C(C)C4)c3C)n2)c1. The van der Waals surface area contributed by atoms with Crippen molar-refractivity contribution in [1.82, 2.24) is 29.9 Å². The highest BCUT2D eigenvalue weighted by molar-refractivity contribution is 7.12. The van der Waals surface area contributed by atoms with Crippen molar-refractivity contribution in [3.05, 3.63) is 47.1 Å². The summed E-state index contributed by atoms with van der Waals surface area (Å²) in [6.45, 7) is 5.51. The number of ether oxygens (including phenoxy) is 1. The van der Waals surface area contributed by atoms with E-state index >= 15 is 0 Å². The highest BCUT2D eigenvalue weighted by Crippen LogP contribution is 2.55. The number of piperazine rings is 1. The summed E-state index contributed by atoms with van der Waals surface area (Å²) in [7, 11) is 1.65. The van der Waals surface area contributed by atoms with Crippen LogP contribution in [0.1, 0.15) is 61.5 Å². The molecule has 3 amide bonds. The Kier molecular flexibility index (Phi) is 6.56. The zero-order chi connectivity index (χ0) is 28.3. The number of thiazole rings is 1. The Hall–Kier alpha value is -3.40. The van der Waals surface area contributed by atoms with E-state index in [4.69, 9.17) is 9.72 Å². The van der Waals surface area contributed by atoms with Crippen LogP contribution in [0.5, 0.6) is 5.75 Å². The topological polar surface area (TPSA) is 92.6 Å². The summed E-state index contributed by atoms with van der Waals surface area (Å²) in [6.07, 6.45) is 9.13. The number of hydrogen-bond donors (Lipinski definition) is 1. The Labute approximate surface area is 244 Å². The molecular formula is C31H38N6O3S. The molecule has 2 aromatic heterocycles. The minimum atomic E-state index is -0.0543. The third-order valence-corrected chi connectivity index (χ3v) is 10.7. The van der Waals surface area contributed by atoms with Crippen molar-refractivity contribution in [1.29, 1.82) is 0 Å². The second-order valence-corrected chi connectivity index (χ2v) is 13.6. The van der Waals surface area contributed by atoms with Crippen LogP contribution in [0.4, 0.5) is 4.79 Å². The molecule has 1 N–H and O–H groups in total. The molecular weight excluding hydrogens is 536 g/mol. The van der Waals surface area contributed by atoms with Crippen molar-refractivity contribution in [3.63, 3.8) is 0 Å². The lowest BCUT2D eigenvalue weighted by Gasteiger charge is -2.57. The number of amides is 3. The van der Waals surface area contributed by atoms with Crippen molar-refractivity contribution in [2.45, 2.75) is 64.0 Å². The van der Waals surface area contributed by atoms with Gasteiger partial charge in [0.05, 0.1) is 30.3 Å². The normalized spacial score (nSPS) is 28.7. The van der Waals surface area contributed by atoms with Crippen molar-refractivity contribution < 1.29 is 14.3 Å². The molecule has 41 heavy (non-hydrogen) atoms. The molecule has 4 saturated carbocycles. The van der Waals surface area contributed by atoms with E-state index in [9.17, 15) is 9.59 Å². The smallest absolute Gasteiger partial charge is 0.318 e. The van der Waals surface area contributed by atoms with Crippen LogP contribution in [0.2, 0.25) is 0 Å². The van der Waals surface area contributed by atoms with Crippen molar-refractivity contribution in [2.24, 2.45) is 17.8 Å². The van der Waals surface area contributed by atoms with Crippen LogP contribution in [0.15, 0.2) is 35.8 Å². The van der Waals surface area contributed by atoms with E-state index in [0.29, 0.717) is 30.3 Å². The molecule has 9 nitrogen and oxygen atoms in total. The number of benzene rings is 1. The Morgan fingerprint density at radius 2 is 1.83 bits per heavy atom. The first-order valence-electron chi connectivity index (χ1n) is 14.8. The van der Waals surface area contributed by atoms with Gasteiger partial charge in [0.1, 0.15) is 5.75 Å². The van der Waals surface area contributed by atoms with Gasteiger partial charge in [-0.25, -0.2) is 14.5 Å². The first-order valence-corrected chi connectivity index (χ1v) is 15.7. The highest BCUT2D eigenvalue weighted by Gasteiger charge is 2.52. The molecule has 3 aromatic rings. The predicted octanol–water partition coefficient (Wildman–Crippen LogP) is 5.14. The van der Waals surface area contributed by atoms with Crippen molar-refractivity contribution in [3.8, 4) is 22.1 Å². The fourth-order valence-electron chi connectivity index (χ4n) is 8.27. The van der Waals surface area contributed by atoms with Gasteiger partial charge in [-0.05, 0) is 82.3 Å². The third-order valence-electron chi connectivity index (χ3n) is 9.86.